The van der Waals surface area contributed by atoms with Crippen LogP contribution in [0.2, 0.25) is 0 Å². The third-order valence-electron chi connectivity index (χ3n) is 5.36. The quantitative estimate of drug-likeness (QED) is 0.596. The molecule has 30 heavy (non-hydrogen) atoms. The van der Waals surface area contributed by atoms with E-state index in [0.29, 0.717) is 36.8 Å². The first kappa shape index (κ1) is 20.1. The maximum atomic E-state index is 14.4. The van der Waals surface area contributed by atoms with Gasteiger partial charge in [-0.15, -0.1) is 0 Å². The van der Waals surface area contributed by atoms with Crippen LogP contribution in [0, 0.1) is 5.82 Å². The van der Waals surface area contributed by atoms with Crippen molar-refractivity contribution in [2.45, 2.75) is 6.10 Å². The van der Waals surface area contributed by atoms with E-state index in [1.165, 1.54) is 16.8 Å². The summed E-state index contributed by atoms with van der Waals surface area (Å²) in [7, 11) is 4.97. The summed E-state index contributed by atoms with van der Waals surface area (Å²) in [4.78, 5) is 23.3. The highest BCUT2D eigenvalue weighted by molar-refractivity contribution is 6.35. The summed E-state index contributed by atoms with van der Waals surface area (Å²) in [6.07, 6.45) is 2.44. The molecule has 3 aromatic rings. The Balaban J connectivity index is 1.70. The third-order valence-corrected chi connectivity index (χ3v) is 5.36. The van der Waals surface area contributed by atoms with Crippen molar-refractivity contribution in [3.63, 3.8) is 0 Å². The largest absolute Gasteiger partial charge is 0.497 e. The summed E-state index contributed by atoms with van der Waals surface area (Å²) in [6, 6.07) is 9.25. The van der Waals surface area contributed by atoms with Crippen LogP contribution in [0.3, 0.4) is 0 Å². The second kappa shape index (κ2) is 8.27. The van der Waals surface area contributed by atoms with E-state index in [4.69, 9.17) is 9.47 Å². The lowest BCUT2D eigenvalue weighted by atomic mass is 9.92. The van der Waals surface area contributed by atoms with Gasteiger partial charge >= 0.3 is 0 Å². The molecule has 1 aliphatic rings. The van der Waals surface area contributed by atoms with E-state index < -0.39 is 5.82 Å². The number of morpholine rings is 1. The first-order valence-corrected chi connectivity index (χ1v) is 9.67. The normalized spacial score (nSPS) is 16.5. The maximum absolute atomic E-state index is 14.4. The first-order chi connectivity index (χ1) is 14.5. The van der Waals surface area contributed by atoms with Crippen molar-refractivity contribution in [1.82, 2.24) is 14.5 Å². The average Bonchev–Trinajstić information content (AvgIpc) is 2.78. The van der Waals surface area contributed by atoms with E-state index in [1.54, 1.807) is 22.0 Å². The Kier molecular flexibility index (Phi) is 5.54. The van der Waals surface area contributed by atoms with Crippen molar-refractivity contribution in [3.05, 3.63) is 64.5 Å². The van der Waals surface area contributed by atoms with Gasteiger partial charge in [0, 0.05) is 30.8 Å². The number of aromatic nitrogens is 3. The molecule has 0 unspecified atom stereocenters. The predicted molar refractivity (Wildman–Crippen MR) is 115 cm³/mol. The number of anilines is 1. The van der Waals surface area contributed by atoms with Gasteiger partial charge in [-0.1, -0.05) is 12.1 Å². The Morgan fingerprint density at radius 1 is 1.27 bits per heavy atom. The van der Waals surface area contributed by atoms with Crippen molar-refractivity contribution in [2.24, 2.45) is 7.05 Å². The van der Waals surface area contributed by atoms with Gasteiger partial charge in [-0.25, -0.2) is 9.37 Å². The van der Waals surface area contributed by atoms with Crippen LogP contribution in [0.15, 0.2) is 47.5 Å². The molecule has 0 aliphatic carbocycles. The molecule has 0 N–H and O–H groups in total. The fourth-order valence-electron chi connectivity index (χ4n) is 3.67. The highest BCUT2D eigenvalue weighted by Gasteiger charge is 2.26. The average molecular weight is 408 g/mol. The van der Waals surface area contributed by atoms with E-state index in [9.17, 15) is 9.18 Å². The minimum absolute atomic E-state index is 0.177. The molecule has 3 heterocycles. The predicted octanol–water partition coefficient (Wildman–Crippen LogP) is 0.826. The third kappa shape index (κ3) is 3.68. The minimum Gasteiger partial charge on any atom is -0.497 e. The van der Waals surface area contributed by atoms with Crippen molar-refractivity contribution < 1.29 is 13.9 Å². The topological polar surface area (TPSA) is 69.5 Å². The summed E-state index contributed by atoms with van der Waals surface area (Å²) in [5, 5.41) is 0. The van der Waals surface area contributed by atoms with Crippen molar-refractivity contribution >= 4 is 19.3 Å². The van der Waals surface area contributed by atoms with Crippen LogP contribution < -0.4 is 20.7 Å². The molecule has 7 nitrogen and oxygen atoms in total. The Bertz CT molecular complexity index is 1120. The van der Waals surface area contributed by atoms with Gasteiger partial charge in [0.15, 0.2) is 5.82 Å². The fourth-order valence-corrected chi connectivity index (χ4v) is 3.67. The maximum Gasteiger partial charge on any atom is 0.248 e. The molecule has 0 radical (unpaired) electrons. The Morgan fingerprint density at radius 3 is 2.73 bits per heavy atom. The lowest BCUT2D eigenvalue weighted by Gasteiger charge is -2.35. The number of pyridine rings is 1. The molecule has 9 heteroatoms. The van der Waals surface area contributed by atoms with Crippen molar-refractivity contribution in [2.75, 3.05) is 31.7 Å². The highest BCUT2D eigenvalue weighted by atomic mass is 19.1. The van der Waals surface area contributed by atoms with Crippen molar-refractivity contribution in [3.8, 4) is 17.0 Å². The number of hydrogen-bond donors (Lipinski definition) is 0. The number of ether oxygens (including phenoxy) is 2. The number of hydrogen-bond acceptors (Lipinski definition) is 6. The molecule has 1 saturated heterocycles. The molecule has 0 bridgehead atoms. The molecule has 0 spiro atoms. The van der Waals surface area contributed by atoms with E-state index in [2.05, 4.69) is 9.97 Å². The molecule has 1 fully saturated rings. The summed E-state index contributed by atoms with van der Waals surface area (Å²) < 4.78 is 27.0. The van der Waals surface area contributed by atoms with E-state index in [0.717, 1.165) is 17.5 Å². The van der Waals surface area contributed by atoms with E-state index in [1.807, 2.05) is 29.2 Å². The number of methoxy groups -OCH3 is 1. The monoisotopic (exact) mass is 408 g/mol. The minimum atomic E-state index is -0.509. The summed E-state index contributed by atoms with van der Waals surface area (Å²) in [6.45, 7) is 1.58. The van der Waals surface area contributed by atoms with Crippen LogP contribution in [0.1, 0.15) is 11.7 Å². The van der Waals surface area contributed by atoms with Gasteiger partial charge < -0.3 is 14.4 Å². The zero-order valence-electron chi connectivity index (χ0n) is 17.1. The highest BCUT2D eigenvalue weighted by Crippen LogP contribution is 2.27. The SMILES string of the molecule is Bc1c(-c2ccncc2F)nc(N2CCO[C@@H](c3ccc(OC)cc3)C2)n(C)c1=O. The van der Waals surface area contributed by atoms with Gasteiger partial charge in [-0.2, -0.15) is 0 Å². The van der Waals surface area contributed by atoms with Gasteiger partial charge in [0.25, 0.3) is 0 Å². The zero-order chi connectivity index (χ0) is 21.3. The van der Waals surface area contributed by atoms with Crippen LogP contribution in [-0.4, -0.2) is 49.2 Å². The van der Waals surface area contributed by atoms with Crippen LogP contribution in [0.25, 0.3) is 11.3 Å². The Morgan fingerprint density at radius 2 is 2.03 bits per heavy atom. The Hall–Kier alpha value is -3.20. The second-order valence-corrected chi connectivity index (χ2v) is 7.18. The number of rotatable bonds is 4. The smallest absolute Gasteiger partial charge is 0.248 e. The summed E-state index contributed by atoms with van der Waals surface area (Å²) in [5.74, 6) is 0.752. The van der Waals surface area contributed by atoms with Gasteiger partial charge in [-0.05, 0) is 23.8 Å². The summed E-state index contributed by atoms with van der Waals surface area (Å²) in [5.41, 5.74) is 1.80. The summed E-state index contributed by atoms with van der Waals surface area (Å²) >= 11 is 0. The number of halogens is 1. The molecule has 1 aromatic carbocycles. The van der Waals surface area contributed by atoms with Crippen LogP contribution in [0.5, 0.6) is 5.75 Å². The molecular weight excluding hydrogens is 386 g/mol. The van der Waals surface area contributed by atoms with Crippen LogP contribution in [-0.2, 0) is 11.8 Å². The molecule has 1 aliphatic heterocycles. The lowest BCUT2D eigenvalue weighted by molar-refractivity contribution is 0.0389. The van der Waals surface area contributed by atoms with Gasteiger partial charge in [0.05, 0.1) is 32.2 Å². The van der Waals surface area contributed by atoms with E-state index >= 15 is 0 Å². The Labute approximate surface area is 174 Å². The zero-order valence-corrected chi connectivity index (χ0v) is 17.1. The fraction of sp³-hybridized carbons (Fsp3) is 0.286. The molecule has 4 rings (SSSR count). The molecule has 1 atom stereocenters. The van der Waals surface area contributed by atoms with Gasteiger partial charge in [-0.3, -0.25) is 14.3 Å². The molecule has 154 valence electrons. The first-order valence-electron chi connectivity index (χ1n) is 9.67. The van der Waals surface area contributed by atoms with Crippen LogP contribution in [0.4, 0.5) is 10.3 Å². The van der Waals surface area contributed by atoms with Crippen LogP contribution >= 0.6 is 0 Å². The molecule has 0 saturated carbocycles. The number of benzene rings is 1. The van der Waals surface area contributed by atoms with Gasteiger partial charge in [0.1, 0.15) is 19.7 Å². The van der Waals surface area contributed by atoms with Gasteiger partial charge in [0.2, 0.25) is 11.5 Å². The number of nitrogens with zero attached hydrogens (tertiary/aromatic N) is 4. The second-order valence-electron chi connectivity index (χ2n) is 7.18. The molecule has 0 amide bonds. The van der Waals surface area contributed by atoms with Crippen molar-refractivity contribution in [1.29, 1.82) is 0 Å². The standard InChI is InChI=1S/C21H22BFN4O3/c1-26-20(28)18(22)19(15-7-8-24-11-16(15)23)25-21(26)27-9-10-30-17(12-27)13-3-5-14(29-2)6-4-13/h3-8,11,17H,9-10,12,22H2,1-2H3/t17-/m1/s1. The van der Waals surface area contributed by atoms with E-state index in [-0.39, 0.29) is 17.2 Å². The molecular formula is C21H22BFN4O3. The molecule has 2 aromatic heterocycles. The lowest BCUT2D eigenvalue weighted by Crippen LogP contribution is -2.45.